The van der Waals surface area contributed by atoms with Crippen LogP contribution in [0.5, 0.6) is 0 Å². The summed E-state index contributed by atoms with van der Waals surface area (Å²) in [4.78, 5) is 11.6. The van der Waals surface area contributed by atoms with Crippen molar-refractivity contribution in [1.29, 1.82) is 0 Å². The van der Waals surface area contributed by atoms with Crippen LogP contribution in [0.1, 0.15) is 30.0 Å². The average molecular weight is 196 g/mol. The number of hydrogen-bond donors (Lipinski definition) is 0. The van der Waals surface area contributed by atoms with Gasteiger partial charge in [-0.05, 0) is 26.8 Å². The Bertz CT molecular complexity index is 329. The van der Waals surface area contributed by atoms with Crippen molar-refractivity contribution in [1.82, 2.24) is 9.78 Å². The van der Waals surface area contributed by atoms with Gasteiger partial charge in [-0.25, -0.2) is 0 Å². The number of carbonyl (C=O) groups excluding carboxylic acids is 1. The maximum absolute atomic E-state index is 11.6. The van der Waals surface area contributed by atoms with Crippen molar-refractivity contribution in [3.05, 3.63) is 17.5 Å². The summed E-state index contributed by atoms with van der Waals surface area (Å²) in [5, 5.41) is 4.10. The molecule has 4 nitrogen and oxygen atoms in total. The number of hydrogen-bond acceptors (Lipinski definition) is 3. The second-order valence-corrected chi connectivity index (χ2v) is 3.58. The molecule has 0 radical (unpaired) electrons. The highest BCUT2D eigenvalue weighted by Gasteiger charge is 2.12. The van der Waals surface area contributed by atoms with E-state index < -0.39 is 0 Å². The van der Waals surface area contributed by atoms with Gasteiger partial charge in [-0.15, -0.1) is 0 Å². The fraction of sp³-hybridized carbons (Fsp3) is 0.600. The predicted molar refractivity (Wildman–Crippen MR) is 53.4 cm³/mol. The number of rotatable bonds is 4. The van der Waals surface area contributed by atoms with Crippen molar-refractivity contribution in [2.75, 3.05) is 6.61 Å². The molecular weight excluding hydrogens is 180 g/mol. The molecule has 0 aliphatic carbocycles. The Morgan fingerprint density at radius 2 is 2.29 bits per heavy atom. The number of nitrogens with zero attached hydrogens (tertiary/aromatic N) is 2. The zero-order valence-electron chi connectivity index (χ0n) is 9.07. The molecule has 78 valence electrons. The lowest BCUT2D eigenvalue weighted by molar-refractivity contribution is 0.0577. The van der Waals surface area contributed by atoms with Gasteiger partial charge in [0.05, 0.1) is 11.8 Å². The van der Waals surface area contributed by atoms with E-state index in [2.05, 4.69) is 5.10 Å². The van der Waals surface area contributed by atoms with Gasteiger partial charge in [0, 0.05) is 7.05 Å². The van der Waals surface area contributed by atoms with Gasteiger partial charge in [0.1, 0.15) is 12.3 Å². The van der Waals surface area contributed by atoms with Gasteiger partial charge in [-0.2, -0.15) is 5.10 Å². The minimum Gasteiger partial charge on any atom is -0.371 e. The highest BCUT2D eigenvalue weighted by Crippen LogP contribution is 2.03. The SMILES string of the molecule is Cc1cc(C(=O)COC(C)C)n(C)n1. The highest BCUT2D eigenvalue weighted by atomic mass is 16.5. The van der Waals surface area contributed by atoms with Crippen molar-refractivity contribution in [3.63, 3.8) is 0 Å². The molecule has 1 aromatic rings. The van der Waals surface area contributed by atoms with Crippen molar-refractivity contribution in [2.45, 2.75) is 26.9 Å². The Morgan fingerprint density at radius 1 is 1.64 bits per heavy atom. The van der Waals surface area contributed by atoms with Crippen LogP contribution in [0.25, 0.3) is 0 Å². The summed E-state index contributed by atoms with van der Waals surface area (Å²) in [6.45, 7) is 5.79. The van der Waals surface area contributed by atoms with E-state index in [1.54, 1.807) is 17.8 Å². The van der Waals surface area contributed by atoms with Crippen LogP contribution in [-0.2, 0) is 11.8 Å². The Hall–Kier alpha value is -1.16. The normalized spacial score (nSPS) is 10.9. The lowest BCUT2D eigenvalue weighted by atomic mass is 10.3. The van der Waals surface area contributed by atoms with Gasteiger partial charge in [0.15, 0.2) is 0 Å². The van der Waals surface area contributed by atoms with Crippen LogP contribution in [0, 0.1) is 6.92 Å². The Morgan fingerprint density at radius 3 is 2.71 bits per heavy atom. The average Bonchev–Trinajstić information content (AvgIpc) is 2.41. The smallest absolute Gasteiger partial charge is 0.206 e. The Labute approximate surface area is 83.9 Å². The fourth-order valence-corrected chi connectivity index (χ4v) is 1.19. The Kier molecular flexibility index (Phi) is 3.41. The fourth-order valence-electron chi connectivity index (χ4n) is 1.19. The van der Waals surface area contributed by atoms with Crippen LogP contribution in [0.15, 0.2) is 6.07 Å². The van der Waals surface area contributed by atoms with Crippen LogP contribution in [-0.4, -0.2) is 28.3 Å². The molecule has 1 heterocycles. The minimum atomic E-state index is -0.0261. The molecule has 0 atom stereocenters. The molecule has 1 rings (SSSR count). The van der Waals surface area contributed by atoms with Crippen LogP contribution < -0.4 is 0 Å². The van der Waals surface area contributed by atoms with Crippen LogP contribution in [0.3, 0.4) is 0 Å². The van der Waals surface area contributed by atoms with Gasteiger partial charge in [0.2, 0.25) is 5.78 Å². The van der Waals surface area contributed by atoms with E-state index in [4.69, 9.17) is 4.74 Å². The standard InChI is InChI=1S/C10H16N2O2/c1-7(2)14-6-10(13)9-5-8(3)11-12(9)4/h5,7H,6H2,1-4H3. The van der Waals surface area contributed by atoms with Crippen molar-refractivity contribution in [3.8, 4) is 0 Å². The summed E-state index contributed by atoms with van der Waals surface area (Å²) in [6.07, 6.45) is 0.0771. The quantitative estimate of drug-likeness (QED) is 0.682. The van der Waals surface area contributed by atoms with E-state index in [1.165, 1.54) is 0 Å². The van der Waals surface area contributed by atoms with Crippen molar-refractivity contribution < 1.29 is 9.53 Å². The Balaban J connectivity index is 2.65. The van der Waals surface area contributed by atoms with Crippen LogP contribution in [0.4, 0.5) is 0 Å². The molecule has 0 amide bonds. The third-order valence-corrected chi connectivity index (χ3v) is 1.84. The summed E-state index contributed by atoms with van der Waals surface area (Å²) < 4.78 is 6.82. The monoisotopic (exact) mass is 196 g/mol. The number of ether oxygens (including phenoxy) is 1. The van der Waals surface area contributed by atoms with Gasteiger partial charge >= 0.3 is 0 Å². The number of ketones is 1. The molecule has 4 heteroatoms. The molecule has 0 saturated carbocycles. The second-order valence-electron chi connectivity index (χ2n) is 3.58. The molecule has 0 N–H and O–H groups in total. The number of carbonyl (C=O) groups is 1. The maximum atomic E-state index is 11.6. The van der Waals surface area contributed by atoms with Gasteiger partial charge in [-0.1, -0.05) is 0 Å². The van der Waals surface area contributed by atoms with Gasteiger partial charge < -0.3 is 4.74 Å². The number of Topliss-reactive ketones (excluding diaryl/α,β-unsaturated/α-hetero) is 1. The van der Waals surface area contributed by atoms with Crippen LogP contribution in [0.2, 0.25) is 0 Å². The van der Waals surface area contributed by atoms with E-state index in [-0.39, 0.29) is 18.5 Å². The van der Waals surface area contributed by atoms with Crippen molar-refractivity contribution >= 4 is 5.78 Å². The van der Waals surface area contributed by atoms with E-state index in [0.717, 1.165) is 5.69 Å². The van der Waals surface area contributed by atoms with E-state index in [0.29, 0.717) is 5.69 Å². The van der Waals surface area contributed by atoms with Crippen LogP contribution >= 0.6 is 0 Å². The van der Waals surface area contributed by atoms with Crippen molar-refractivity contribution in [2.24, 2.45) is 7.05 Å². The topological polar surface area (TPSA) is 44.1 Å². The molecular formula is C10H16N2O2. The minimum absolute atomic E-state index is 0.0261. The molecule has 0 spiro atoms. The summed E-state index contributed by atoms with van der Waals surface area (Å²) >= 11 is 0. The zero-order chi connectivity index (χ0) is 10.7. The molecule has 0 fully saturated rings. The summed E-state index contributed by atoms with van der Waals surface area (Å²) in [6, 6.07) is 1.77. The van der Waals surface area contributed by atoms with E-state index in [1.807, 2.05) is 20.8 Å². The largest absolute Gasteiger partial charge is 0.371 e. The second kappa shape index (κ2) is 4.37. The third kappa shape index (κ3) is 2.67. The highest BCUT2D eigenvalue weighted by molar-refractivity contribution is 5.95. The van der Waals surface area contributed by atoms with Gasteiger partial charge in [-0.3, -0.25) is 9.48 Å². The van der Waals surface area contributed by atoms with E-state index >= 15 is 0 Å². The first-order valence-corrected chi connectivity index (χ1v) is 4.66. The lowest BCUT2D eigenvalue weighted by Gasteiger charge is -2.06. The molecule has 0 unspecified atom stereocenters. The molecule has 0 aliphatic rings. The third-order valence-electron chi connectivity index (χ3n) is 1.84. The molecule has 0 aromatic carbocycles. The lowest BCUT2D eigenvalue weighted by Crippen LogP contribution is -2.16. The summed E-state index contributed by atoms with van der Waals surface area (Å²) in [5.41, 5.74) is 1.45. The molecule has 0 saturated heterocycles. The molecule has 1 aromatic heterocycles. The predicted octanol–water partition coefficient (Wildman–Crippen LogP) is 1.34. The summed E-state index contributed by atoms with van der Waals surface area (Å²) in [5.74, 6) is -0.0261. The first kappa shape index (κ1) is 10.9. The molecule has 0 bridgehead atoms. The maximum Gasteiger partial charge on any atom is 0.206 e. The first-order chi connectivity index (χ1) is 6.50. The first-order valence-electron chi connectivity index (χ1n) is 4.66. The number of aryl methyl sites for hydroxylation is 2. The number of aromatic nitrogens is 2. The van der Waals surface area contributed by atoms with Gasteiger partial charge in [0.25, 0.3) is 0 Å². The van der Waals surface area contributed by atoms with E-state index in [9.17, 15) is 4.79 Å². The molecule has 14 heavy (non-hydrogen) atoms. The summed E-state index contributed by atoms with van der Waals surface area (Å²) in [7, 11) is 1.76. The zero-order valence-corrected chi connectivity index (χ0v) is 9.07. The molecule has 0 aliphatic heterocycles.